The molecule has 0 bridgehead atoms. The van der Waals surface area contributed by atoms with E-state index in [-0.39, 0.29) is 0 Å². The standard InChI is InChI=1S/C48H32N2OS.C42H28N2OS/c1-4-14-33(15-5-1)34-26-28-37(29-27-34)49(35-16-6-2-7-17-35)43-23-12-21-41-47-42(22-13-24-44(47)51-48(41)43)50(36-18-8-3-9-19-36)38-30-31-40-39-20-10-11-25-45(39)52-46(40)32-38;1-4-14-29(15-5-1)43(30-16-6-2-7-17-30)37-23-12-21-35-41-36(22-13-24-38(41)45-42(35)37)44(31-18-8-3-9-19-31)32-26-27-34-33-20-10-11-25-39(33)46-40(34)28-32/h1-32H;1-28H. The van der Waals surface area contributed by atoms with Gasteiger partial charge in [0.05, 0.1) is 33.5 Å². The van der Waals surface area contributed by atoms with Crippen molar-refractivity contribution in [2.24, 2.45) is 0 Å². The number of fused-ring (bicyclic) bond motifs is 12. The number of thiophene rings is 2. The van der Waals surface area contributed by atoms with Gasteiger partial charge in [0.15, 0.2) is 11.2 Å². The molecule has 0 amide bonds. The summed E-state index contributed by atoms with van der Waals surface area (Å²) in [4.78, 5) is 9.29. The predicted octanol–water partition coefficient (Wildman–Crippen LogP) is 27.5. The molecular weight excluding hydrogens is 1230 g/mol. The van der Waals surface area contributed by atoms with Gasteiger partial charge in [-0.05, 0) is 157 Å². The molecule has 0 aliphatic rings. The summed E-state index contributed by atoms with van der Waals surface area (Å²) in [6, 6.07) is 129. The van der Waals surface area contributed by atoms with Crippen molar-refractivity contribution < 1.29 is 8.83 Å². The van der Waals surface area contributed by atoms with Crippen LogP contribution in [0.1, 0.15) is 0 Å². The number of hydrogen-bond donors (Lipinski definition) is 0. The van der Waals surface area contributed by atoms with Gasteiger partial charge in [-0.15, -0.1) is 22.7 Å². The van der Waals surface area contributed by atoms with E-state index in [4.69, 9.17) is 8.83 Å². The average molecular weight is 1290 g/mol. The second-order valence-electron chi connectivity index (χ2n) is 24.3. The van der Waals surface area contributed by atoms with Crippen LogP contribution in [-0.4, -0.2) is 0 Å². The molecule has 0 saturated heterocycles. The second-order valence-corrected chi connectivity index (χ2v) is 26.5. The number of hydrogen-bond acceptors (Lipinski definition) is 8. The largest absolute Gasteiger partial charge is 0.454 e. The molecule has 464 valence electrons. The van der Waals surface area contributed by atoms with Crippen LogP contribution in [-0.2, 0) is 0 Å². The summed E-state index contributed by atoms with van der Waals surface area (Å²) in [7, 11) is 0. The Labute approximate surface area is 574 Å². The molecule has 4 aromatic heterocycles. The molecule has 19 aromatic rings. The molecular formula is C90H60N4O2S2. The maximum absolute atomic E-state index is 6.91. The topological polar surface area (TPSA) is 39.2 Å². The molecule has 4 heterocycles. The maximum atomic E-state index is 6.91. The van der Waals surface area contributed by atoms with Crippen LogP contribution in [0.15, 0.2) is 373 Å². The summed E-state index contributed by atoms with van der Waals surface area (Å²) in [6.07, 6.45) is 0. The summed E-state index contributed by atoms with van der Waals surface area (Å²) in [5.74, 6) is 0. The van der Waals surface area contributed by atoms with Gasteiger partial charge in [-0.3, -0.25) is 0 Å². The highest BCUT2D eigenvalue weighted by atomic mass is 32.1. The quantitative estimate of drug-likeness (QED) is 0.115. The SMILES string of the molecule is c1ccc(-c2ccc(N(c3ccccc3)c3cccc4c3oc3cccc(N(c5ccccc5)c5ccc6c(c5)sc5ccccc56)c34)cc2)cc1.c1ccc(N(c2ccccc2)c2cccc3c2oc2cccc(N(c4ccccc4)c4ccc5c(c4)sc4ccccc45)c23)cc1. The molecule has 0 N–H and O–H groups in total. The van der Waals surface area contributed by atoms with Crippen LogP contribution in [0.4, 0.5) is 68.2 Å². The van der Waals surface area contributed by atoms with Gasteiger partial charge < -0.3 is 28.4 Å². The van der Waals surface area contributed by atoms with Gasteiger partial charge in [-0.1, -0.05) is 218 Å². The highest BCUT2D eigenvalue weighted by molar-refractivity contribution is 7.26. The van der Waals surface area contributed by atoms with Gasteiger partial charge in [0.1, 0.15) is 11.2 Å². The van der Waals surface area contributed by atoms with Gasteiger partial charge in [-0.2, -0.15) is 0 Å². The van der Waals surface area contributed by atoms with Crippen molar-refractivity contribution in [1.82, 2.24) is 0 Å². The van der Waals surface area contributed by atoms with Crippen LogP contribution in [0.3, 0.4) is 0 Å². The highest BCUT2D eigenvalue weighted by Crippen LogP contribution is 2.51. The van der Waals surface area contributed by atoms with Crippen LogP contribution in [0.2, 0.25) is 0 Å². The summed E-state index contributed by atoms with van der Waals surface area (Å²) in [6.45, 7) is 0. The number of anilines is 12. The smallest absolute Gasteiger partial charge is 0.159 e. The molecule has 0 spiro atoms. The lowest BCUT2D eigenvalue weighted by molar-refractivity contribution is 0.668. The average Bonchev–Trinajstić information content (AvgIpc) is 1.57. The van der Waals surface area contributed by atoms with Crippen LogP contribution in [0, 0.1) is 0 Å². The van der Waals surface area contributed by atoms with Crippen molar-refractivity contribution in [2.75, 3.05) is 19.6 Å². The monoisotopic (exact) mass is 1290 g/mol. The van der Waals surface area contributed by atoms with Crippen LogP contribution in [0.25, 0.3) is 95.3 Å². The molecule has 15 aromatic carbocycles. The van der Waals surface area contributed by atoms with E-state index in [2.05, 4.69) is 384 Å². The highest BCUT2D eigenvalue weighted by Gasteiger charge is 2.27. The summed E-state index contributed by atoms with van der Waals surface area (Å²) in [5.41, 5.74) is 18.5. The van der Waals surface area contributed by atoms with Crippen LogP contribution >= 0.6 is 22.7 Å². The predicted molar refractivity (Wildman–Crippen MR) is 417 cm³/mol. The van der Waals surface area contributed by atoms with E-state index in [1.807, 2.05) is 22.7 Å². The number of nitrogens with zero attached hydrogens (tertiary/aromatic N) is 4. The van der Waals surface area contributed by atoms with Gasteiger partial charge >= 0.3 is 0 Å². The van der Waals surface area contributed by atoms with E-state index in [1.54, 1.807) is 0 Å². The first kappa shape index (κ1) is 58.1. The van der Waals surface area contributed by atoms with E-state index in [0.29, 0.717) is 0 Å². The Bertz CT molecular complexity index is 6040. The molecule has 0 aliphatic heterocycles. The van der Waals surface area contributed by atoms with Crippen LogP contribution in [0.5, 0.6) is 0 Å². The van der Waals surface area contributed by atoms with Gasteiger partial charge in [0.25, 0.3) is 0 Å². The van der Waals surface area contributed by atoms with E-state index >= 15 is 0 Å². The molecule has 6 nitrogen and oxygen atoms in total. The van der Waals surface area contributed by atoms with E-state index in [9.17, 15) is 0 Å². The van der Waals surface area contributed by atoms with Crippen molar-refractivity contribution >= 4 is 175 Å². The minimum atomic E-state index is 0.842. The fraction of sp³-hybridized carbons (Fsp3) is 0. The van der Waals surface area contributed by atoms with Crippen LogP contribution < -0.4 is 19.6 Å². The molecule has 0 unspecified atom stereocenters. The third kappa shape index (κ3) is 10.4. The van der Waals surface area contributed by atoms with Crippen molar-refractivity contribution in [2.45, 2.75) is 0 Å². The van der Waals surface area contributed by atoms with Gasteiger partial charge in [0, 0.05) is 96.6 Å². The molecule has 98 heavy (non-hydrogen) atoms. The second kappa shape index (κ2) is 25.0. The number of benzene rings is 15. The van der Waals surface area contributed by atoms with Crippen molar-refractivity contribution in [3.05, 3.63) is 364 Å². The first-order valence-corrected chi connectivity index (χ1v) is 34.6. The third-order valence-corrected chi connectivity index (χ3v) is 20.7. The van der Waals surface area contributed by atoms with E-state index < -0.39 is 0 Å². The lowest BCUT2D eigenvalue weighted by Crippen LogP contribution is -2.10. The Morgan fingerprint density at radius 1 is 0.194 bits per heavy atom. The molecule has 8 heteroatoms. The lowest BCUT2D eigenvalue weighted by Gasteiger charge is -2.26. The zero-order valence-corrected chi connectivity index (χ0v) is 54.7. The number of furan rings is 2. The van der Waals surface area contributed by atoms with Crippen molar-refractivity contribution in [3.8, 4) is 11.1 Å². The van der Waals surface area contributed by atoms with Crippen molar-refractivity contribution in [3.63, 3.8) is 0 Å². The molecule has 0 fully saturated rings. The molecule has 0 aliphatic carbocycles. The van der Waals surface area contributed by atoms with E-state index in [1.165, 1.54) is 51.5 Å². The minimum Gasteiger partial charge on any atom is -0.454 e. The normalized spacial score (nSPS) is 11.5. The molecule has 0 radical (unpaired) electrons. The summed E-state index contributed by atoms with van der Waals surface area (Å²) in [5, 5.41) is 9.47. The molecule has 19 rings (SSSR count). The third-order valence-electron chi connectivity index (χ3n) is 18.5. The summed E-state index contributed by atoms with van der Waals surface area (Å²) >= 11 is 3.68. The molecule has 0 atom stereocenters. The number of rotatable bonds is 13. The fourth-order valence-corrected chi connectivity index (χ4v) is 16.4. The van der Waals surface area contributed by atoms with Gasteiger partial charge in [0.2, 0.25) is 0 Å². The maximum Gasteiger partial charge on any atom is 0.159 e. The number of para-hydroxylation sites is 7. The Hall–Kier alpha value is -12.5. The van der Waals surface area contributed by atoms with E-state index in [0.717, 1.165) is 112 Å². The Morgan fingerprint density at radius 3 is 0.878 bits per heavy atom. The fourth-order valence-electron chi connectivity index (χ4n) is 14.1. The van der Waals surface area contributed by atoms with Crippen molar-refractivity contribution in [1.29, 1.82) is 0 Å². The minimum absolute atomic E-state index is 0.842. The molecule has 0 saturated carbocycles. The van der Waals surface area contributed by atoms with Gasteiger partial charge in [-0.25, -0.2) is 0 Å². The first-order chi connectivity index (χ1) is 48.6. The zero-order chi connectivity index (χ0) is 64.9. The first-order valence-electron chi connectivity index (χ1n) is 33.0. The lowest BCUT2D eigenvalue weighted by atomic mass is 10.0. The zero-order valence-electron chi connectivity index (χ0n) is 53.1. The summed E-state index contributed by atoms with van der Waals surface area (Å²) < 4.78 is 18.9. The Balaban J connectivity index is 0.000000143. The Morgan fingerprint density at radius 2 is 0.480 bits per heavy atom. The Kier molecular flexibility index (Phi) is 14.8.